The summed E-state index contributed by atoms with van der Waals surface area (Å²) in [5.74, 6) is -5.94. The van der Waals surface area contributed by atoms with Gasteiger partial charge in [0.15, 0.2) is 23.2 Å². The molecule has 9 heteroatoms. The molecule has 6 nitrogen and oxygen atoms in total. The molecule has 1 amide bonds. The lowest BCUT2D eigenvalue weighted by molar-refractivity contribution is 0.103. The number of halogens is 3. The molecule has 0 saturated heterocycles. The molecular formula is C16H8F3N3O3. The minimum atomic E-state index is -1.71. The number of aromatic nitrogens is 2. The number of carbonyl (C=O) groups excluding carboxylic acids is 1. The van der Waals surface area contributed by atoms with Crippen LogP contribution in [0.1, 0.15) is 15.9 Å². The topological polar surface area (TPSA) is 92.2 Å². The van der Waals surface area contributed by atoms with E-state index in [2.05, 4.69) is 9.97 Å². The molecule has 0 bridgehead atoms. The summed E-state index contributed by atoms with van der Waals surface area (Å²) in [6.07, 6.45) is 1.11. The predicted molar refractivity (Wildman–Crippen MR) is 80.9 cm³/mol. The first-order valence-electron chi connectivity index (χ1n) is 6.81. The highest BCUT2D eigenvalue weighted by Crippen LogP contribution is 2.27. The van der Waals surface area contributed by atoms with Gasteiger partial charge in [0, 0.05) is 24.0 Å². The highest BCUT2D eigenvalue weighted by atomic mass is 19.2. The number of amides is 1. The monoisotopic (exact) mass is 347 g/mol. The Morgan fingerprint density at radius 3 is 2.32 bits per heavy atom. The smallest absolute Gasteiger partial charge is 0.409 e. The van der Waals surface area contributed by atoms with E-state index >= 15 is 0 Å². The highest BCUT2D eigenvalue weighted by molar-refractivity contribution is 6.11. The molecule has 2 aromatic carbocycles. The van der Waals surface area contributed by atoms with Crippen LogP contribution in [0.5, 0.6) is 0 Å². The molecule has 0 spiro atoms. The number of benzene rings is 2. The van der Waals surface area contributed by atoms with Gasteiger partial charge in [-0.25, -0.2) is 18.0 Å². The molecule has 2 N–H and O–H groups in total. The van der Waals surface area contributed by atoms with Crippen molar-refractivity contribution in [2.75, 3.05) is 5.32 Å². The Labute approximate surface area is 138 Å². The fraction of sp³-hybridized carbons (Fsp3) is 0. The lowest BCUT2D eigenvalue weighted by atomic mass is 10.0. The molecule has 3 aromatic rings. The summed E-state index contributed by atoms with van der Waals surface area (Å²) >= 11 is 0. The molecule has 0 radical (unpaired) electrons. The van der Waals surface area contributed by atoms with Crippen LogP contribution in [-0.2, 0) is 0 Å². The maximum atomic E-state index is 14.3. The normalized spacial score (nSPS) is 10.7. The lowest BCUT2D eigenvalue weighted by Gasteiger charge is -2.10. The van der Waals surface area contributed by atoms with Crippen LogP contribution in [0.4, 0.5) is 23.7 Å². The predicted octanol–water partition coefficient (Wildman–Crippen LogP) is 3.37. The van der Waals surface area contributed by atoms with Crippen molar-refractivity contribution in [3.63, 3.8) is 0 Å². The fourth-order valence-corrected chi connectivity index (χ4v) is 2.26. The van der Waals surface area contributed by atoms with Crippen molar-refractivity contribution in [2.45, 2.75) is 0 Å². The molecule has 126 valence electrons. The quantitative estimate of drug-likeness (QED) is 0.560. The Balaban J connectivity index is 2.14. The van der Waals surface area contributed by atoms with E-state index in [-0.39, 0.29) is 5.56 Å². The number of ketones is 1. The van der Waals surface area contributed by atoms with Crippen LogP contribution >= 0.6 is 0 Å². The number of carboxylic acid groups (broad SMARTS) is 1. The van der Waals surface area contributed by atoms with Gasteiger partial charge in [-0.1, -0.05) is 0 Å². The molecule has 0 aliphatic rings. The van der Waals surface area contributed by atoms with E-state index in [9.17, 15) is 22.8 Å². The maximum Gasteiger partial charge on any atom is 0.409 e. The number of rotatable bonds is 3. The van der Waals surface area contributed by atoms with Crippen molar-refractivity contribution in [2.24, 2.45) is 0 Å². The van der Waals surface area contributed by atoms with Gasteiger partial charge in [-0.2, -0.15) is 0 Å². The van der Waals surface area contributed by atoms with Gasteiger partial charge < -0.3 is 5.11 Å². The lowest BCUT2D eigenvalue weighted by Crippen LogP contribution is -2.15. The highest BCUT2D eigenvalue weighted by Gasteiger charge is 2.26. The number of nitrogens with zero attached hydrogens (tertiary/aromatic N) is 2. The molecule has 0 unspecified atom stereocenters. The van der Waals surface area contributed by atoms with E-state index in [4.69, 9.17) is 5.11 Å². The summed E-state index contributed by atoms with van der Waals surface area (Å²) in [6, 6.07) is 4.24. The largest absolute Gasteiger partial charge is 0.465 e. The number of fused-ring (bicyclic) bond motifs is 1. The molecule has 3 rings (SSSR count). The third-order valence-corrected chi connectivity index (χ3v) is 3.36. The first-order valence-corrected chi connectivity index (χ1v) is 6.81. The minimum Gasteiger partial charge on any atom is -0.465 e. The molecule has 0 atom stereocenters. The van der Waals surface area contributed by atoms with Gasteiger partial charge in [0.05, 0.1) is 22.3 Å². The van der Waals surface area contributed by atoms with Crippen molar-refractivity contribution in [3.8, 4) is 0 Å². The van der Waals surface area contributed by atoms with Crippen molar-refractivity contribution < 1.29 is 27.9 Å². The second-order valence-corrected chi connectivity index (χ2v) is 4.93. The maximum absolute atomic E-state index is 14.3. The zero-order valence-electron chi connectivity index (χ0n) is 12.3. The van der Waals surface area contributed by atoms with E-state index < -0.39 is 40.6 Å². The van der Waals surface area contributed by atoms with Crippen molar-refractivity contribution in [1.29, 1.82) is 0 Å². The molecule has 0 fully saturated rings. The van der Waals surface area contributed by atoms with E-state index in [1.807, 2.05) is 0 Å². The van der Waals surface area contributed by atoms with Crippen molar-refractivity contribution in [3.05, 3.63) is 65.2 Å². The summed E-state index contributed by atoms with van der Waals surface area (Å²) in [5, 5.41) is 10.2. The van der Waals surface area contributed by atoms with E-state index in [1.165, 1.54) is 30.6 Å². The number of nitrogens with one attached hydrogen (secondary N) is 1. The SMILES string of the molecule is O=C(O)Nc1cc(F)c(F)c(C(=O)c2ccc3nccnc3c2)c1F. The van der Waals surface area contributed by atoms with Gasteiger partial charge in [0.1, 0.15) is 0 Å². The van der Waals surface area contributed by atoms with Crippen LogP contribution in [0.15, 0.2) is 36.7 Å². The molecule has 0 aliphatic heterocycles. The Morgan fingerprint density at radius 1 is 0.960 bits per heavy atom. The van der Waals surface area contributed by atoms with Crippen LogP contribution in [0.25, 0.3) is 11.0 Å². The average Bonchev–Trinajstić information content (AvgIpc) is 2.59. The van der Waals surface area contributed by atoms with E-state index in [1.54, 1.807) is 5.32 Å². The Morgan fingerprint density at radius 2 is 1.64 bits per heavy atom. The van der Waals surface area contributed by atoms with Crippen LogP contribution in [0.2, 0.25) is 0 Å². The molecule has 25 heavy (non-hydrogen) atoms. The van der Waals surface area contributed by atoms with Crippen molar-refractivity contribution in [1.82, 2.24) is 9.97 Å². The van der Waals surface area contributed by atoms with Crippen LogP contribution in [0, 0.1) is 17.5 Å². The molecular weight excluding hydrogens is 339 g/mol. The van der Waals surface area contributed by atoms with Gasteiger partial charge in [0.2, 0.25) is 0 Å². The van der Waals surface area contributed by atoms with Gasteiger partial charge >= 0.3 is 6.09 Å². The zero-order chi connectivity index (χ0) is 18.1. The third-order valence-electron chi connectivity index (χ3n) is 3.36. The number of anilines is 1. The van der Waals surface area contributed by atoms with E-state index in [0.717, 1.165) is 0 Å². The van der Waals surface area contributed by atoms with E-state index in [0.29, 0.717) is 17.1 Å². The summed E-state index contributed by atoms with van der Waals surface area (Å²) in [5.41, 5.74) is -1.47. The van der Waals surface area contributed by atoms with Gasteiger partial charge in [-0.05, 0) is 18.2 Å². The summed E-state index contributed by atoms with van der Waals surface area (Å²) in [7, 11) is 0. The summed E-state index contributed by atoms with van der Waals surface area (Å²) < 4.78 is 42.0. The fourth-order valence-electron chi connectivity index (χ4n) is 2.26. The standard InChI is InChI=1S/C16H8F3N3O3/c17-8-6-11(22-16(24)25)14(19)12(13(8)18)15(23)7-1-2-9-10(5-7)21-4-3-20-9/h1-6,22H,(H,24,25). The Hall–Kier alpha value is -3.49. The van der Waals surface area contributed by atoms with Crippen LogP contribution in [0.3, 0.4) is 0 Å². The second-order valence-electron chi connectivity index (χ2n) is 4.93. The van der Waals surface area contributed by atoms with Gasteiger partial charge in [0.25, 0.3) is 0 Å². The number of hydrogen-bond acceptors (Lipinski definition) is 4. The molecule has 1 aromatic heterocycles. The summed E-state index contributed by atoms with van der Waals surface area (Å²) in [4.78, 5) is 31.0. The van der Waals surface area contributed by atoms with Crippen LogP contribution < -0.4 is 5.32 Å². The Bertz CT molecular complexity index is 1020. The third kappa shape index (κ3) is 2.99. The first kappa shape index (κ1) is 16.4. The first-order chi connectivity index (χ1) is 11.9. The number of hydrogen-bond donors (Lipinski definition) is 2. The van der Waals surface area contributed by atoms with Gasteiger partial charge in [-0.15, -0.1) is 0 Å². The van der Waals surface area contributed by atoms with Crippen molar-refractivity contribution >= 4 is 28.6 Å². The minimum absolute atomic E-state index is 0.155. The van der Waals surface area contributed by atoms with Gasteiger partial charge in [-0.3, -0.25) is 20.1 Å². The molecule has 1 heterocycles. The molecule has 0 aliphatic carbocycles. The zero-order valence-corrected chi connectivity index (χ0v) is 12.3. The second kappa shape index (κ2) is 6.19. The summed E-state index contributed by atoms with van der Waals surface area (Å²) in [6.45, 7) is 0. The number of carbonyl (C=O) groups is 2. The molecule has 0 saturated carbocycles. The van der Waals surface area contributed by atoms with Crippen LogP contribution in [-0.4, -0.2) is 27.0 Å². The average molecular weight is 347 g/mol. The Kier molecular flexibility index (Phi) is 4.05.